The lowest BCUT2D eigenvalue weighted by molar-refractivity contribution is -0.138. The maximum atomic E-state index is 13.0. The Hall–Kier alpha value is -2.31. The number of hydrogen-bond acceptors (Lipinski definition) is 4. The van der Waals surface area contributed by atoms with Gasteiger partial charge in [-0.2, -0.15) is 0 Å². The van der Waals surface area contributed by atoms with Gasteiger partial charge in [-0.3, -0.25) is 4.79 Å². The van der Waals surface area contributed by atoms with Crippen LogP contribution in [0.5, 0.6) is 0 Å². The zero-order chi connectivity index (χ0) is 13.3. The van der Waals surface area contributed by atoms with Crippen molar-refractivity contribution in [2.24, 2.45) is 0 Å². The molecule has 1 aromatic heterocycles. The number of carboxylic acids is 1. The lowest BCUT2D eigenvalue weighted by Crippen LogP contribution is -2.07. The van der Waals surface area contributed by atoms with E-state index in [2.05, 4.69) is 10.2 Å². The molecule has 0 bridgehead atoms. The van der Waals surface area contributed by atoms with E-state index in [1.807, 2.05) is 0 Å². The van der Waals surface area contributed by atoms with Gasteiger partial charge < -0.3 is 9.52 Å². The van der Waals surface area contributed by atoms with Gasteiger partial charge in [0, 0.05) is 5.56 Å². The van der Waals surface area contributed by atoms with Crippen molar-refractivity contribution in [1.82, 2.24) is 10.2 Å². The Morgan fingerprint density at radius 2 is 2.06 bits per heavy atom. The maximum absolute atomic E-state index is 13.0. The number of hydrogen-bond donors (Lipinski definition) is 1. The van der Waals surface area contributed by atoms with E-state index in [0.717, 1.165) is 12.1 Å². The second-order valence-corrected chi connectivity index (χ2v) is 3.63. The lowest BCUT2D eigenvalue weighted by Gasteiger charge is -1.98. The summed E-state index contributed by atoms with van der Waals surface area (Å²) in [7, 11) is 0. The molecule has 94 valence electrons. The molecule has 2 aromatic rings. The molecule has 0 aliphatic heterocycles. The predicted molar refractivity (Wildman–Crippen MR) is 55.7 cm³/mol. The number of aliphatic carboxylic acids is 1. The third kappa shape index (κ3) is 2.20. The van der Waals surface area contributed by atoms with Gasteiger partial charge in [-0.15, -0.1) is 10.2 Å². The van der Waals surface area contributed by atoms with Gasteiger partial charge in [0.25, 0.3) is 0 Å². The molecule has 0 radical (unpaired) electrons. The number of nitrogens with zero attached hydrogens (tertiary/aromatic N) is 2. The monoisotopic (exact) mass is 254 g/mol. The van der Waals surface area contributed by atoms with Crippen LogP contribution < -0.4 is 0 Å². The van der Waals surface area contributed by atoms with E-state index in [1.165, 1.54) is 13.0 Å². The summed E-state index contributed by atoms with van der Waals surface area (Å²) < 4.78 is 30.8. The molecular weight excluding hydrogens is 246 g/mol. The third-order valence-electron chi connectivity index (χ3n) is 2.35. The normalized spacial score (nSPS) is 12.4. The summed E-state index contributed by atoms with van der Waals surface area (Å²) in [6.07, 6.45) is 0. The minimum absolute atomic E-state index is 0.0583. The quantitative estimate of drug-likeness (QED) is 0.908. The van der Waals surface area contributed by atoms with E-state index in [4.69, 9.17) is 9.52 Å². The molecular formula is C11H8F2N2O3. The van der Waals surface area contributed by atoms with Gasteiger partial charge in [-0.25, -0.2) is 8.78 Å². The van der Waals surface area contributed by atoms with Gasteiger partial charge in [0.2, 0.25) is 11.8 Å². The highest BCUT2D eigenvalue weighted by Gasteiger charge is 2.21. The number of rotatable bonds is 3. The van der Waals surface area contributed by atoms with Crippen molar-refractivity contribution in [2.75, 3.05) is 0 Å². The second kappa shape index (κ2) is 4.52. The van der Waals surface area contributed by atoms with Crippen LogP contribution in [0, 0.1) is 11.6 Å². The van der Waals surface area contributed by atoms with Crippen molar-refractivity contribution in [3.63, 3.8) is 0 Å². The average Bonchev–Trinajstić information content (AvgIpc) is 2.81. The summed E-state index contributed by atoms with van der Waals surface area (Å²) >= 11 is 0. The predicted octanol–water partition coefficient (Wildman–Crippen LogP) is 2.20. The minimum atomic E-state index is -1.12. The minimum Gasteiger partial charge on any atom is -0.481 e. The van der Waals surface area contributed by atoms with Crippen LogP contribution in [0.4, 0.5) is 8.78 Å². The molecule has 1 aromatic carbocycles. The number of halogens is 2. The van der Waals surface area contributed by atoms with Crippen LogP contribution in [0.1, 0.15) is 18.7 Å². The molecule has 1 unspecified atom stereocenters. The molecule has 0 amide bonds. The van der Waals surface area contributed by atoms with Gasteiger partial charge in [-0.05, 0) is 25.1 Å². The number of carbonyl (C=O) groups is 1. The van der Waals surface area contributed by atoms with E-state index < -0.39 is 23.5 Å². The Bertz CT molecular complexity index is 598. The Labute approximate surface area is 100 Å². The van der Waals surface area contributed by atoms with E-state index in [-0.39, 0.29) is 17.3 Å². The fourth-order valence-electron chi connectivity index (χ4n) is 1.26. The molecule has 0 aliphatic rings. The van der Waals surface area contributed by atoms with Crippen molar-refractivity contribution in [2.45, 2.75) is 12.8 Å². The fourth-order valence-corrected chi connectivity index (χ4v) is 1.26. The first-order valence-electron chi connectivity index (χ1n) is 5.00. The summed E-state index contributed by atoms with van der Waals surface area (Å²) in [6.45, 7) is 1.38. The Morgan fingerprint density at radius 3 is 2.67 bits per heavy atom. The molecule has 1 atom stereocenters. The van der Waals surface area contributed by atoms with Crippen molar-refractivity contribution in [3.8, 4) is 11.5 Å². The zero-order valence-corrected chi connectivity index (χ0v) is 9.22. The second-order valence-electron chi connectivity index (χ2n) is 3.63. The maximum Gasteiger partial charge on any atom is 0.315 e. The van der Waals surface area contributed by atoms with Crippen LogP contribution in [0.3, 0.4) is 0 Å². The van der Waals surface area contributed by atoms with Crippen LogP contribution in [-0.4, -0.2) is 21.3 Å². The van der Waals surface area contributed by atoms with E-state index in [1.54, 1.807) is 0 Å². The van der Waals surface area contributed by atoms with Gasteiger partial charge in [0.15, 0.2) is 11.6 Å². The van der Waals surface area contributed by atoms with Gasteiger partial charge in [0.05, 0.1) is 0 Å². The summed E-state index contributed by atoms with van der Waals surface area (Å²) in [6, 6.07) is 3.09. The van der Waals surface area contributed by atoms with Crippen molar-refractivity contribution >= 4 is 5.97 Å². The van der Waals surface area contributed by atoms with Crippen molar-refractivity contribution < 1.29 is 23.1 Å². The molecule has 18 heavy (non-hydrogen) atoms. The largest absolute Gasteiger partial charge is 0.481 e. The van der Waals surface area contributed by atoms with Crippen LogP contribution in [0.2, 0.25) is 0 Å². The lowest BCUT2D eigenvalue weighted by atomic mass is 10.2. The Morgan fingerprint density at radius 1 is 1.33 bits per heavy atom. The summed E-state index contributed by atoms with van der Waals surface area (Å²) in [4.78, 5) is 10.7. The highest BCUT2D eigenvalue weighted by Crippen LogP contribution is 2.23. The highest BCUT2D eigenvalue weighted by molar-refractivity contribution is 5.74. The molecule has 7 heteroatoms. The molecule has 0 saturated heterocycles. The number of aromatic nitrogens is 2. The molecule has 0 saturated carbocycles. The first-order chi connectivity index (χ1) is 8.49. The van der Waals surface area contributed by atoms with Gasteiger partial charge >= 0.3 is 5.97 Å². The first kappa shape index (κ1) is 12.2. The summed E-state index contributed by atoms with van der Waals surface area (Å²) in [5, 5.41) is 15.9. The fraction of sp³-hybridized carbons (Fsp3) is 0.182. The van der Waals surface area contributed by atoms with Gasteiger partial charge in [-0.1, -0.05) is 0 Å². The SMILES string of the molecule is CC(C(=O)O)c1nnc(-c2ccc(F)c(F)c2)o1. The molecule has 2 rings (SSSR count). The van der Waals surface area contributed by atoms with Crippen LogP contribution in [-0.2, 0) is 4.79 Å². The highest BCUT2D eigenvalue weighted by atomic mass is 19.2. The average molecular weight is 254 g/mol. The van der Waals surface area contributed by atoms with Crippen LogP contribution in [0.25, 0.3) is 11.5 Å². The first-order valence-corrected chi connectivity index (χ1v) is 5.00. The molecule has 0 aliphatic carbocycles. The van der Waals surface area contributed by atoms with Crippen LogP contribution in [0.15, 0.2) is 22.6 Å². The Balaban J connectivity index is 2.35. The van der Waals surface area contributed by atoms with E-state index in [0.29, 0.717) is 0 Å². The smallest absolute Gasteiger partial charge is 0.315 e. The molecule has 0 spiro atoms. The number of carboxylic acid groups (broad SMARTS) is 1. The van der Waals surface area contributed by atoms with Crippen molar-refractivity contribution in [1.29, 1.82) is 0 Å². The topological polar surface area (TPSA) is 76.2 Å². The summed E-state index contributed by atoms with van der Waals surface area (Å²) in [5.41, 5.74) is 0.185. The third-order valence-corrected chi connectivity index (χ3v) is 2.35. The van der Waals surface area contributed by atoms with E-state index >= 15 is 0 Å². The summed E-state index contributed by atoms with van der Waals surface area (Å²) in [5.74, 6) is -4.26. The van der Waals surface area contributed by atoms with Crippen LogP contribution >= 0.6 is 0 Å². The zero-order valence-electron chi connectivity index (χ0n) is 9.22. The molecule has 1 heterocycles. The van der Waals surface area contributed by atoms with Gasteiger partial charge in [0.1, 0.15) is 5.92 Å². The Kier molecular flexibility index (Phi) is 3.05. The molecule has 0 fully saturated rings. The van der Waals surface area contributed by atoms with E-state index in [9.17, 15) is 13.6 Å². The number of benzene rings is 1. The van der Waals surface area contributed by atoms with Crippen molar-refractivity contribution in [3.05, 3.63) is 35.7 Å². The molecule has 5 nitrogen and oxygen atoms in total. The standard InChI is InChI=1S/C11H8F2N2O3/c1-5(11(16)17)9-14-15-10(18-9)6-2-3-7(12)8(13)4-6/h2-5H,1H3,(H,16,17). The molecule has 1 N–H and O–H groups in total.